The molecule has 0 aliphatic carbocycles. The number of aromatic carboxylic acids is 1. The number of rotatable bonds is 3. The SMILES string of the molecule is Cc1oc(C(=O)O)cc1CN1CCC(C)C1. The molecule has 1 aliphatic rings. The lowest BCUT2D eigenvalue weighted by atomic mass is 10.2. The summed E-state index contributed by atoms with van der Waals surface area (Å²) in [7, 11) is 0. The van der Waals surface area contributed by atoms with Crippen molar-refractivity contribution < 1.29 is 14.3 Å². The number of carbonyl (C=O) groups is 1. The molecule has 1 N–H and O–H groups in total. The summed E-state index contributed by atoms with van der Waals surface area (Å²) >= 11 is 0. The van der Waals surface area contributed by atoms with E-state index in [4.69, 9.17) is 9.52 Å². The fourth-order valence-electron chi connectivity index (χ4n) is 2.19. The largest absolute Gasteiger partial charge is 0.475 e. The summed E-state index contributed by atoms with van der Waals surface area (Å²) in [6, 6.07) is 1.64. The molecule has 16 heavy (non-hydrogen) atoms. The molecule has 2 heterocycles. The van der Waals surface area contributed by atoms with E-state index in [0.29, 0.717) is 0 Å². The van der Waals surface area contributed by atoms with Gasteiger partial charge in [0.05, 0.1) is 0 Å². The van der Waals surface area contributed by atoms with Gasteiger partial charge in [0, 0.05) is 18.7 Å². The molecular weight excluding hydrogens is 206 g/mol. The summed E-state index contributed by atoms with van der Waals surface area (Å²) in [5.74, 6) is 0.506. The lowest BCUT2D eigenvalue weighted by molar-refractivity contribution is 0.0661. The van der Waals surface area contributed by atoms with Crippen molar-refractivity contribution >= 4 is 5.97 Å². The summed E-state index contributed by atoms with van der Waals surface area (Å²) in [6.45, 7) is 7.04. The van der Waals surface area contributed by atoms with E-state index in [9.17, 15) is 4.79 Å². The van der Waals surface area contributed by atoms with Gasteiger partial charge in [-0.1, -0.05) is 6.92 Å². The van der Waals surface area contributed by atoms with Crippen molar-refractivity contribution in [2.45, 2.75) is 26.8 Å². The molecule has 0 bridgehead atoms. The van der Waals surface area contributed by atoms with Crippen LogP contribution in [0.4, 0.5) is 0 Å². The number of carboxylic acids is 1. The van der Waals surface area contributed by atoms with E-state index in [2.05, 4.69) is 11.8 Å². The predicted octanol–water partition coefficient (Wildman–Crippen LogP) is 2.13. The van der Waals surface area contributed by atoms with E-state index in [1.54, 1.807) is 6.07 Å². The maximum atomic E-state index is 10.7. The lowest BCUT2D eigenvalue weighted by Gasteiger charge is -2.13. The number of furan rings is 1. The highest BCUT2D eigenvalue weighted by Crippen LogP contribution is 2.21. The van der Waals surface area contributed by atoms with Crippen molar-refractivity contribution in [1.82, 2.24) is 4.90 Å². The van der Waals surface area contributed by atoms with Gasteiger partial charge in [-0.05, 0) is 31.9 Å². The average Bonchev–Trinajstić information content (AvgIpc) is 2.75. The number of carboxylic acid groups (broad SMARTS) is 1. The molecule has 0 radical (unpaired) electrons. The highest BCUT2D eigenvalue weighted by atomic mass is 16.4. The second-order valence-electron chi connectivity index (χ2n) is 4.63. The van der Waals surface area contributed by atoms with Crippen molar-refractivity contribution in [3.63, 3.8) is 0 Å². The normalized spacial score (nSPS) is 21.5. The molecule has 1 atom stereocenters. The third-order valence-electron chi connectivity index (χ3n) is 3.13. The van der Waals surface area contributed by atoms with Crippen LogP contribution in [0.1, 0.15) is 35.2 Å². The minimum Gasteiger partial charge on any atom is -0.475 e. The first-order valence-corrected chi connectivity index (χ1v) is 5.61. The number of hydrogen-bond acceptors (Lipinski definition) is 3. The van der Waals surface area contributed by atoms with E-state index in [1.807, 2.05) is 6.92 Å². The number of likely N-dealkylation sites (tertiary alicyclic amines) is 1. The second-order valence-corrected chi connectivity index (χ2v) is 4.63. The summed E-state index contributed by atoms with van der Waals surface area (Å²) in [5, 5.41) is 8.82. The Balaban J connectivity index is 2.06. The minimum atomic E-state index is -0.996. The highest BCUT2D eigenvalue weighted by Gasteiger charge is 2.21. The molecule has 88 valence electrons. The van der Waals surface area contributed by atoms with Gasteiger partial charge in [-0.3, -0.25) is 4.90 Å². The van der Waals surface area contributed by atoms with Gasteiger partial charge in [0.15, 0.2) is 0 Å². The Morgan fingerprint density at radius 3 is 2.94 bits per heavy atom. The second kappa shape index (κ2) is 4.29. The molecule has 0 aromatic carbocycles. The van der Waals surface area contributed by atoms with E-state index in [0.717, 1.165) is 36.9 Å². The van der Waals surface area contributed by atoms with Crippen molar-refractivity contribution in [3.8, 4) is 0 Å². The lowest BCUT2D eigenvalue weighted by Crippen LogP contribution is -2.19. The monoisotopic (exact) mass is 223 g/mol. The molecule has 1 aromatic heterocycles. The van der Waals surface area contributed by atoms with Crippen LogP contribution in [0.15, 0.2) is 10.5 Å². The molecule has 0 amide bonds. The van der Waals surface area contributed by atoms with Crippen LogP contribution in [0.5, 0.6) is 0 Å². The van der Waals surface area contributed by atoms with E-state index >= 15 is 0 Å². The van der Waals surface area contributed by atoms with Crippen molar-refractivity contribution in [2.24, 2.45) is 5.92 Å². The van der Waals surface area contributed by atoms with Gasteiger partial charge < -0.3 is 9.52 Å². The van der Waals surface area contributed by atoms with Crippen LogP contribution in [0.3, 0.4) is 0 Å². The molecule has 1 aromatic rings. The standard InChI is InChI=1S/C12H17NO3/c1-8-3-4-13(6-8)7-10-5-11(12(14)15)16-9(10)2/h5,8H,3-4,6-7H2,1-2H3,(H,14,15). The molecule has 1 fully saturated rings. The van der Waals surface area contributed by atoms with Gasteiger partial charge in [0.25, 0.3) is 0 Å². The van der Waals surface area contributed by atoms with Crippen LogP contribution in [-0.2, 0) is 6.54 Å². The van der Waals surface area contributed by atoms with Gasteiger partial charge >= 0.3 is 5.97 Å². The quantitative estimate of drug-likeness (QED) is 0.852. The Hall–Kier alpha value is -1.29. The molecule has 2 rings (SSSR count). The van der Waals surface area contributed by atoms with Crippen molar-refractivity contribution in [2.75, 3.05) is 13.1 Å². The molecule has 1 saturated heterocycles. The molecule has 1 aliphatic heterocycles. The van der Waals surface area contributed by atoms with Gasteiger partial charge in [-0.25, -0.2) is 4.79 Å². The minimum absolute atomic E-state index is 0.0414. The maximum absolute atomic E-state index is 10.7. The highest BCUT2D eigenvalue weighted by molar-refractivity contribution is 5.84. The number of hydrogen-bond donors (Lipinski definition) is 1. The smallest absolute Gasteiger partial charge is 0.371 e. The summed E-state index contributed by atoms with van der Waals surface area (Å²) in [5.41, 5.74) is 0.992. The van der Waals surface area contributed by atoms with Gasteiger partial charge in [-0.15, -0.1) is 0 Å². The van der Waals surface area contributed by atoms with Crippen LogP contribution in [0.25, 0.3) is 0 Å². The molecule has 1 unspecified atom stereocenters. The molecular formula is C12H17NO3. The fraction of sp³-hybridized carbons (Fsp3) is 0.583. The summed E-state index contributed by atoms with van der Waals surface area (Å²) < 4.78 is 5.19. The summed E-state index contributed by atoms with van der Waals surface area (Å²) in [6.07, 6.45) is 1.22. The predicted molar refractivity (Wildman–Crippen MR) is 59.5 cm³/mol. The first-order chi connectivity index (χ1) is 7.56. The Morgan fingerprint density at radius 1 is 1.69 bits per heavy atom. The average molecular weight is 223 g/mol. The number of aryl methyl sites for hydroxylation is 1. The first-order valence-electron chi connectivity index (χ1n) is 5.61. The van der Waals surface area contributed by atoms with Gasteiger partial charge in [0.2, 0.25) is 5.76 Å². The third-order valence-corrected chi connectivity index (χ3v) is 3.13. The number of nitrogens with zero attached hydrogens (tertiary/aromatic N) is 1. The van der Waals surface area contributed by atoms with Crippen LogP contribution in [0, 0.1) is 12.8 Å². The molecule has 4 heteroatoms. The summed E-state index contributed by atoms with van der Waals surface area (Å²) in [4.78, 5) is 13.1. The van der Waals surface area contributed by atoms with Gasteiger partial charge in [-0.2, -0.15) is 0 Å². The van der Waals surface area contributed by atoms with Crippen LogP contribution < -0.4 is 0 Å². The zero-order valence-corrected chi connectivity index (χ0v) is 9.69. The zero-order valence-electron chi connectivity index (χ0n) is 9.69. The molecule has 4 nitrogen and oxygen atoms in total. The van der Waals surface area contributed by atoms with Crippen LogP contribution in [-0.4, -0.2) is 29.1 Å². The maximum Gasteiger partial charge on any atom is 0.371 e. The third kappa shape index (κ3) is 2.27. The first kappa shape index (κ1) is 11.2. The Kier molecular flexibility index (Phi) is 3.01. The van der Waals surface area contributed by atoms with Crippen molar-refractivity contribution in [1.29, 1.82) is 0 Å². The van der Waals surface area contributed by atoms with E-state index in [-0.39, 0.29) is 5.76 Å². The Labute approximate surface area is 94.9 Å². The Bertz CT molecular complexity index is 397. The zero-order chi connectivity index (χ0) is 11.7. The molecule has 0 saturated carbocycles. The van der Waals surface area contributed by atoms with E-state index in [1.165, 1.54) is 6.42 Å². The van der Waals surface area contributed by atoms with Crippen molar-refractivity contribution in [3.05, 3.63) is 23.2 Å². The van der Waals surface area contributed by atoms with Crippen LogP contribution >= 0.6 is 0 Å². The Morgan fingerprint density at radius 2 is 2.44 bits per heavy atom. The van der Waals surface area contributed by atoms with Crippen LogP contribution in [0.2, 0.25) is 0 Å². The fourth-order valence-corrected chi connectivity index (χ4v) is 2.19. The van der Waals surface area contributed by atoms with E-state index < -0.39 is 5.97 Å². The topological polar surface area (TPSA) is 53.7 Å². The van der Waals surface area contributed by atoms with Gasteiger partial charge in [0.1, 0.15) is 5.76 Å². The molecule has 0 spiro atoms.